The van der Waals surface area contributed by atoms with Gasteiger partial charge in [-0.1, -0.05) is 77.6 Å². The van der Waals surface area contributed by atoms with E-state index in [9.17, 15) is 8.42 Å². The van der Waals surface area contributed by atoms with Gasteiger partial charge in [0.25, 0.3) is 0 Å². The fourth-order valence-electron chi connectivity index (χ4n) is 2.72. The predicted octanol–water partition coefficient (Wildman–Crippen LogP) is 3.88. The van der Waals surface area contributed by atoms with Crippen LogP contribution in [0, 0.1) is 6.92 Å². The zero-order valence-electron chi connectivity index (χ0n) is 15.8. The van der Waals surface area contributed by atoms with Crippen molar-refractivity contribution in [2.75, 3.05) is 13.1 Å². The molecule has 0 atom stereocenters. The van der Waals surface area contributed by atoms with Crippen LogP contribution in [0.15, 0.2) is 83.9 Å². The Morgan fingerprint density at radius 1 is 1.08 bits per heavy atom. The first kappa shape index (κ1) is 20.4. The van der Waals surface area contributed by atoms with Crippen molar-refractivity contribution in [3.63, 3.8) is 0 Å². The molecule has 0 unspecified atom stereocenters. The molecule has 0 aliphatic heterocycles. The Hall–Kier alpha value is -1.95. The molecule has 0 radical (unpaired) electrons. The lowest BCUT2D eigenvalue weighted by Crippen LogP contribution is -2.47. The first-order valence-electron chi connectivity index (χ1n) is 8.61. The molecule has 0 heterocycles. The van der Waals surface area contributed by atoms with E-state index in [0.29, 0.717) is 11.4 Å². The van der Waals surface area contributed by atoms with Crippen LogP contribution in [0.5, 0.6) is 0 Å². The normalized spacial score (nSPS) is 12.2. The highest BCUT2D eigenvalue weighted by Gasteiger charge is 2.31. The van der Waals surface area contributed by atoms with Crippen LogP contribution in [0.4, 0.5) is 0 Å². The minimum Gasteiger partial charge on any atom is -0.207 e. The van der Waals surface area contributed by atoms with Gasteiger partial charge in [-0.05, 0) is 19.1 Å². The van der Waals surface area contributed by atoms with Crippen molar-refractivity contribution in [3.8, 4) is 0 Å². The summed E-state index contributed by atoms with van der Waals surface area (Å²) in [5.41, 5.74) is 1.03. The maximum absolute atomic E-state index is 13.1. The zero-order chi connectivity index (χ0) is 19.4. The largest absolute Gasteiger partial charge is 0.243 e. The lowest BCUT2D eigenvalue weighted by Gasteiger charge is -2.30. The highest BCUT2D eigenvalue weighted by atomic mass is 32.2. The van der Waals surface area contributed by atoms with Crippen LogP contribution in [0.1, 0.15) is 5.56 Å². The summed E-state index contributed by atoms with van der Waals surface area (Å²) in [5, 5.41) is 2.22. The Labute approximate surface area is 158 Å². The lowest BCUT2D eigenvalue weighted by molar-refractivity contribution is 0.471. The third-order valence-electron chi connectivity index (χ3n) is 4.74. The van der Waals surface area contributed by atoms with E-state index in [-0.39, 0.29) is 6.54 Å². The summed E-state index contributed by atoms with van der Waals surface area (Å²) in [5.74, 6) is 0. The van der Waals surface area contributed by atoms with Gasteiger partial charge in [0.1, 0.15) is 8.07 Å². The molecule has 3 nitrogen and oxygen atoms in total. The van der Waals surface area contributed by atoms with Crippen LogP contribution in [0.2, 0.25) is 13.1 Å². The molecule has 0 aliphatic carbocycles. The van der Waals surface area contributed by atoms with Crippen molar-refractivity contribution < 1.29 is 8.42 Å². The Morgan fingerprint density at radius 3 is 2.19 bits per heavy atom. The molecule has 0 bridgehead atoms. The number of nitrogens with zero attached hydrogens (tertiary/aromatic N) is 1. The second kappa shape index (κ2) is 8.16. The van der Waals surface area contributed by atoms with Crippen molar-refractivity contribution >= 4 is 23.3 Å². The van der Waals surface area contributed by atoms with Gasteiger partial charge in [0.2, 0.25) is 10.0 Å². The van der Waals surface area contributed by atoms with Crippen LogP contribution >= 0.6 is 0 Å². The molecule has 0 N–H and O–H groups in total. The molecular weight excluding hydrogens is 358 g/mol. The fourth-order valence-corrected chi connectivity index (χ4v) is 6.26. The highest BCUT2D eigenvalue weighted by Crippen LogP contribution is 2.21. The topological polar surface area (TPSA) is 37.4 Å². The fraction of sp³-hybridized carbons (Fsp3) is 0.238. The molecule has 2 aromatic rings. The Bertz CT molecular complexity index is 872. The van der Waals surface area contributed by atoms with Crippen molar-refractivity contribution in [2.45, 2.75) is 24.9 Å². The second-order valence-corrected chi connectivity index (χ2v) is 13.5. The number of benzene rings is 2. The van der Waals surface area contributed by atoms with Gasteiger partial charge in [0.05, 0.1) is 4.90 Å². The van der Waals surface area contributed by atoms with Crippen molar-refractivity contribution in [2.24, 2.45) is 0 Å². The standard InChI is InChI=1S/C21H27NO2SSi/c1-6-16-22(25(23,24)20-14-12-18(2)13-15-20)17-19(3)26(4,5)21-10-8-7-9-11-21/h6-15H,1,3,16-17H2,2,4-5H3. The summed E-state index contributed by atoms with van der Waals surface area (Å²) in [6.45, 7) is 14.9. The quantitative estimate of drug-likeness (QED) is 0.511. The van der Waals surface area contributed by atoms with E-state index in [1.165, 1.54) is 9.49 Å². The SMILES string of the molecule is C=CCN(CC(=C)[Si](C)(C)c1ccccc1)S(=O)(=O)c1ccc(C)cc1. The molecule has 138 valence electrons. The molecular formula is C21H27NO2SSi. The third kappa shape index (κ3) is 4.41. The molecule has 0 aromatic heterocycles. The molecule has 0 aliphatic rings. The summed E-state index contributed by atoms with van der Waals surface area (Å²) >= 11 is 0. The minimum atomic E-state index is -3.59. The molecule has 2 aromatic carbocycles. The average molecular weight is 386 g/mol. The average Bonchev–Trinajstić information content (AvgIpc) is 2.62. The van der Waals surface area contributed by atoms with Crippen LogP contribution in [-0.4, -0.2) is 33.9 Å². The van der Waals surface area contributed by atoms with Crippen LogP contribution < -0.4 is 5.19 Å². The predicted molar refractivity (Wildman–Crippen MR) is 113 cm³/mol. The molecule has 2 rings (SSSR count). The van der Waals surface area contributed by atoms with Crippen molar-refractivity contribution in [1.82, 2.24) is 4.31 Å². The minimum absolute atomic E-state index is 0.258. The van der Waals surface area contributed by atoms with Crippen LogP contribution in [-0.2, 0) is 10.0 Å². The Balaban J connectivity index is 2.31. The zero-order valence-corrected chi connectivity index (χ0v) is 17.6. The van der Waals surface area contributed by atoms with Gasteiger partial charge in [-0.15, -0.1) is 13.2 Å². The van der Waals surface area contributed by atoms with Crippen molar-refractivity contribution in [1.29, 1.82) is 0 Å². The first-order chi connectivity index (χ1) is 12.2. The van der Waals surface area contributed by atoms with Gasteiger partial charge in [0, 0.05) is 13.1 Å². The molecule has 5 heteroatoms. The summed E-state index contributed by atoms with van der Waals surface area (Å²) in [6.07, 6.45) is 1.62. The lowest BCUT2D eigenvalue weighted by atomic mass is 10.2. The molecule has 26 heavy (non-hydrogen) atoms. The van der Waals surface area contributed by atoms with Gasteiger partial charge in [0.15, 0.2) is 0 Å². The number of rotatable bonds is 8. The van der Waals surface area contributed by atoms with Crippen LogP contribution in [0.25, 0.3) is 0 Å². The van der Waals surface area contributed by atoms with Gasteiger partial charge in [-0.2, -0.15) is 4.31 Å². The third-order valence-corrected chi connectivity index (χ3v) is 10.3. The van der Waals surface area contributed by atoms with E-state index in [4.69, 9.17) is 0 Å². The number of hydrogen-bond acceptors (Lipinski definition) is 2. The first-order valence-corrected chi connectivity index (χ1v) is 13.0. The number of aryl methyl sites for hydroxylation is 1. The number of hydrogen-bond donors (Lipinski definition) is 0. The van der Waals surface area contributed by atoms with Gasteiger partial charge in [-0.25, -0.2) is 8.42 Å². The molecule has 0 amide bonds. The Kier molecular flexibility index (Phi) is 6.39. The summed E-state index contributed by atoms with van der Waals surface area (Å²) in [4.78, 5) is 0.303. The van der Waals surface area contributed by atoms with E-state index in [1.807, 2.05) is 37.3 Å². The molecule has 0 saturated carbocycles. The van der Waals surface area contributed by atoms with E-state index >= 15 is 0 Å². The maximum atomic E-state index is 13.1. The van der Waals surface area contributed by atoms with E-state index in [2.05, 4.69) is 38.4 Å². The maximum Gasteiger partial charge on any atom is 0.243 e. The molecule has 0 saturated heterocycles. The monoisotopic (exact) mass is 385 g/mol. The molecule has 0 spiro atoms. The molecule has 0 fully saturated rings. The van der Waals surface area contributed by atoms with Crippen molar-refractivity contribution in [3.05, 3.63) is 84.6 Å². The smallest absolute Gasteiger partial charge is 0.207 e. The van der Waals surface area contributed by atoms with E-state index < -0.39 is 18.1 Å². The number of sulfonamides is 1. The van der Waals surface area contributed by atoms with Gasteiger partial charge < -0.3 is 0 Å². The highest BCUT2D eigenvalue weighted by molar-refractivity contribution is 7.89. The van der Waals surface area contributed by atoms with E-state index in [1.54, 1.807) is 18.2 Å². The summed E-state index contributed by atoms with van der Waals surface area (Å²) < 4.78 is 27.6. The second-order valence-electron chi connectivity index (χ2n) is 6.99. The summed E-state index contributed by atoms with van der Waals surface area (Å²) in [6, 6.07) is 17.2. The Morgan fingerprint density at radius 2 is 1.65 bits per heavy atom. The van der Waals surface area contributed by atoms with E-state index in [0.717, 1.165) is 10.8 Å². The summed E-state index contributed by atoms with van der Waals surface area (Å²) in [7, 11) is -5.59. The van der Waals surface area contributed by atoms with Gasteiger partial charge >= 0.3 is 0 Å². The van der Waals surface area contributed by atoms with Crippen LogP contribution in [0.3, 0.4) is 0 Å². The van der Waals surface area contributed by atoms with Gasteiger partial charge in [-0.3, -0.25) is 0 Å².